The fourth-order valence-corrected chi connectivity index (χ4v) is 3.28. The van der Waals surface area contributed by atoms with E-state index in [0.717, 1.165) is 37.3 Å². The molecule has 1 aliphatic heterocycles. The molecule has 0 atom stereocenters. The highest BCUT2D eigenvalue weighted by atomic mass is 19.1. The number of carbonyl (C=O) groups excluding carboxylic acids is 1. The first-order chi connectivity index (χ1) is 12.5. The Bertz CT molecular complexity index is 785. The van der Waals surface area contributed by atoms with Gasteiger partial charge in [0.15, 0.2) is 0 Å². The van der Waals surface area contributed by atoms with E-state index in [2.05, 4.69) is 11.9 Å². The fraction of sp³-hybridized carbons (Fsp3) is 0.381. The first-order valence-corrected chi connectivity index (χ1v) is 8.98. The molecule has 26 heavy (non-hydrogen) atoms. The topological polar surface area (TPSA) is 26.8 Å². The van der Waals surface area contributed by atoms with Crippen LogP contribution in [0, 0.1) is 12.7 Å². The molecule has 0 bridgehead atoms. The van der Waals surface area contributed by atoms with Crippen molar-refractivity contribution in [2.45, 2.75) is 13.5 Å². The molecular formula is C21H26FN3O. The van der Waals surface area contributed by atoms with Crippen molar-refractivity contribution in [3.05, 3.63) is 65.0 Å². The SMILES string of the molecule is Cc1ccccc1CN(C)C(=O)c1ccc(N2CCN(C)CC2)c(F)c1. The molecule has 138 valence electrons. The van der Waals surface area contributed by atoms with E-state index in [1.165, 1.54) is 6.07 Å². The van der Waals surface area contributed by atoms with Crippen LogP contribution in [0.2, 0.25) is 0 Å². The minimum atomic E-state index is -0.329. The molecule has 0 radical (unpaired) electrons. The van der Waals surface area contributed by atoms with E-state index in [9.17, 15) is 9.18 Å². The van der Waals surface area contributed by atoms with Crippen molar-refractivity contribution in [2.75, 3.05) is 45.2 Å². The summed E-state index contributed by atoms with van der Waals surface area (Å²) in [6.45, 7) is 5.96. The van der Waals surface area contributed by atoms with E-state index in [4.69, 9.17) is 0 Å². The van der Waals surface area contributed by atoms with Crippen LogP contribution in [0.3, 0.4) is 0 Å². The standard InChI is InChI=1S/C21H26FN3O/c1-16-6-4-5-7-18(16)15-24(3)21(26)17-8-9-20(19(22)14-17)25-12-10-23(2)11-13-25/h4-9,14H,10-13,15H2,1-3H3. The molecule has 0 spiro atoms. The monoisotopic (exact) mass is 355 g/mol. The van der Waals surface area contributed by atoms with Crippen molar-refractivity contribution in [3.8, 4) is 0 Å². The summed E-state index contributed by atoms with van der Waals surface area (Å²) in [6, 6.07) is 12.8. The number of benzene rings is 2. The van der Waals surface area contributed by atoms with Crippen molar-refractivity contribution < 1.29 is 9.18 Å². The van der Waals surface area contributed by atoms with Crippen LogP contribution in [0.1, 0.15) is 21.5 Å². The van der Waals surface area contributed by atoms with Gasteiger partial charge in [0.2, 0.25) is 0 Å². The van der Waals surface area contributed by atoms with E-state index in [-0.39, 0.29) is 11.7 Å². The van der Waals surface area contributed by atoms with Gasteiger partial charge < -0.3 is 14.7 Å². The van der Waals surface area contributed by atoms with E-state index in [0.29, 0.717) is 17.8 Å². The summed E-state index contributed by atoms with van der Waals surface area (Å²) < 4.78 is 14.6. The second-order valence-corrected chi connectivity index (χ2v) is 7.04. The van der Waals surface area contributed by atoms with Gasteiger partial charge >= 0.3 is 0 Å². The Hall–Kier alpha value is -2.40. The minimum Gasteiger partial charge on any atom is -0.367 e. The van der Waals surface area contributed by atoms with Gasteiger partial charge in [0.05, 0.1) is 5.69 Å². The average Bonchev–Trinajstić information content (AvgIpc) is 2.64. The molecular weight excluding hydrogens is 329 g/mol. The Balaban J connectivity index is 1.71. The first-order valence-electron chi connectivity index (χ1n) is 8.98. The van der Waals surface area contributed by atoms with Gasteiger partial charge in [-0.25, -0.2) is 4.39 Å². The maximum absolute atomic E-state index is 14.6. The van der Waals surface area contributed by atoms with E-state index >= 15 is 0 Å². The first kappa shape index (κ1) is 18.4. The average molecular weight is 355 g/mol. The van der Waals surface area contributed by atoms with Crippen LogP contribution in [0.5, 0.6) is 0 Å². The van der Waals surface area contributed by atoms with Gasteiger partial charge in [0, 0.05) is 45.3 Å². The van der Waals surface area contributed by atoms with Crippen LogP contribution in [-0.2, 0) is 6.54 Å². The van der Waals surface area contributed by atoms with Crippen molar-refractivity contribution >= 4 is 11.6 Å². The summed E-state index contributed by atoms with van der Waals surface area (Å²) in [5, 5.41) is 0. The van der Waals surface area contributed by atoms with Crippen molar-refractivity contribution in [3.63, 3.8) is 0 Å². The molecule has 0 saturated carbocycles. The quantitative estimate of drug-likeness (QED) is 0.843. The van der Waals surface area contributed by atoms with Crippen LogP contribution in [0.25, 0.3) is 0 Å². The van der Waals surface area contributed by atoms with Crippen LogP contribution in [0.4, 0.5) is 10.1 Å². The third-order valence-electron chi connectivity index (χ3n) is 5.05. The van der Waals surface area contributed by atoms with E-state index in [1.54, 1.807) is 24.1 Å². The number of amides is 1. The number of hydrogen-bond donors (Lipinski definition) is 0. The molecule has 5 heteroatoms. The fourth-order valence-electron chi connectivity index (χ4n) is 3.28. The molecule has 4 nitrogen and oxygen atoms in total. The lowest BCUT2D eigenvalue weighted by Crippen LogP contribution is -2.44. The lowest BCUT2D eigenvalue weighted by atomic mass is 10.1. The van der Waals surface area contributed by atoms with Gasteiger partial charge in [-0.2, -0.15) is 0 Å². The van der Waals surface area contributed by atoms with Crippen LogP contribution >= 0.6 is 0 Å². The summed E-state index contributed by atoms with van der Waals surface area (Å²) in [6.07, 6.45) is 0. The number of nitrogens with zero attached hydrogens (tertiary/aromatic N) is 3. The summed E-state index contributed by atoms with van der Waals surface area (Å²) in [4.78, 5) is 18.6. The van der Waals surface area contributed by atoms with Gasteiger partial charge in [-0.3, -0.25) is 4.79 Å². The highest BCUT2D eigenvalue weighted by Crippen LogP contribution is 2.23. The molecule has 1 saturated heterocycles. The lowest BCUT2D eigenvalue weighted by Gasteiger charge is -2.34. The van der Waals surface area contributed by atoms with Crippen LogP contribution in [0.15, 0.2) is 42.5 Å². The van der Waals surface area contributed by atoms with Gasteiger partial charge in [-0.1, -0.05) is 24.3 Å². The zero-order valence-electron chi connectivity index (χ0n) is 15.7. The Kier molecular flexibility index (Phi) is 5.57. The molecule has 1 fully saturated rings. The predicted octanol–water partition coefficient (Wildman–Crippen LogP) is 3.16. The third kappa shape index (κ3) is 4.05. The summed E-state index contributed by atoms with van der Waals surface area (Å²) in [5.74, 6) is -0.498. The Morgan fingerprint density at radius 3 is 2.46 bits per heavy atom. The van der Waals surface area contributed by atoms with Gasteiger partial charge in [-0.15, -0.1) is 0 Å². The van der Waals surface area contributed by atoms with E-state index < -0.39 is 0 Å². The minimum absolute atomic E-state index is 0.169. The third-order valence-corrected chi connectivity index (χ3v) is 5.05. The Morgan fingerprint density at radius 2 is 1.81 bits per heavy atom. The Labute approximate surface area is 154 Å². The number of piperazine rings is 1. The number of hydrogen-bond acceptors (Lipinski definition) is 3. The van der Waals surface area contributed by atoms with E-state index in [1.807, 2.05) is 36.1 Å². The summed E-state index contributed by atoms with van der Waals surface area (Å²) in [5.41, 5.74) is 3.20. The molecule has 1 amide bonds. The number of carbonyl (C=O) groups is 1. The van der Waals surface area contributed by atoms with Crippen molar-refractivity contribution in [2.24, 2.45) is 0 Å². The molecule has 2 aromatic rings. The number of halogens is 1. The zero-order valence-corrected chi connectivity index (χ0v) is 15.7. The maximum Gasteiger partial charge on any atom is 0.254 e. The van der Waals surface area contributed by atoms with Gasteiger partial charge in [-0.05, 0) is 43.3 Å². The maximum atomic E-state index is 14.6. The number of likely N-dealkylation sites (N-methyl/N-ethyl adjacent to an activating group) is 1. The predicted molar refractivity (Wildman–Crippen MR) is 103 cm³/mol. The van der Waals surface area contributed by atoms with Gasteiger partial charge in [0.25, 0.3) is 5.91 Å². The summed E-state index contributed by atoms with van der Waals surface area (Å²) >= 11 is 0. The largest absolute Gasteiger partial charge is 0.367 e. The molecule has 1 heterocycles. The Morgan fingerprint density at radius 1 is 1.12 bits per heavy atom. The number of aryl methyl sites for hydroxylation is 1. The van der Waals surface area contributed by atoms with Crippen molar-refractivity contribution in [1.29, 1.82) is 0 Å². The molecule has 0 unspecified atom stereocenters. The molecule has 1 aliphatic rings. The second kappa shape index (κ2) is 7.87. The van der Waals surface area contributed by atoms with Crippen LogP contribution in [-0.4, -0.2) is 56.0 Å². The lowest BCUT2D eigenvalue weighted by molar-refractivity contribution is 0.0784. The highest BCUT2D eigenvalue weighted by Gasteiger charge is 2.20. The molecule has 3 rings (SSSR count). The van der Waals surface area contributed by atoms with Crippen LogP contribution < -0.4 is 4.90 Å². The molecule has 0 N–H and O–H groups in total. The summed E-state index contributed by atoms with van der Waals surface area (Å²) in [7, 11) is 3.82. The molecule has 2 aromatic carbocycles. The molecule has 0 aromatic heterocycles. The van der Waals surface area contributed by atoms with Crippen molar-refractivity contribution in [1.82, 2.24) is 9.80 Å². The van der Waals surface area contributed by atoms with Gasteiger partial charge in [0.1, 0.15) is 5.82 Å². The smallest absolute Gasteiger partial charge is 0.254 e. The highest BCUT2D eigenvalue weighted by molar-refractivity contribution is 5.94. The normalized spacial score (nSPS) is 15.2. The second-order valence-electron chi connectivity index (χ2n) is 7.04. The number of anilines is 1. The molecule has 0 aliphatic carbocycles. The zero-order chi connectivity index (χ0) is 18.7. The number of rotatable bonds is 4.